The van der Waals surface area contributed by atoms with Crippen molar-refractivity contribution >= 4 is 29.4 Å². The third-order valence-electron chi connectivity index (χ3n) is 4.08. The van der Waals surface area contributed by atoms with Crippen LogP contribution in [0, 0.1) is 0 Å². The maximum absolute atomic E-state index is 12.9. The number of nitrogens with one attached hydrogen (secondary N) is 1. The molecule has 2 aromatic rings. The summed E-state index contributed by atoms with van der Waals surface area (Å²) in [4.78, 5) is 40.4. The molecule has 4 heterocycles. The van der Waals surface area contributed by atoms with E-state index >= 15 is 0 Å². The van der Waals surface area contributed by atoms with Crippen LogP contribution in [0.1, 0.15) is 23.8 Å². The third-order valence-corrected chi connectivity index (χ3v) is 4.29. The number of piperazine rings is 1. The zero-order valence-corrected chi connectivity index (χ0v) is 14.3. The van der Waals surface area contributed by atoms with Crippen LogP contribution in [0.5, 0.6) is 0 Å². The molecule has 4 rings (SSSR count). The summed E-state index contributed by atoms with van der Waals surface area (Å²) in [6.45, 7) is 2.31. The molecule has 1 fully saturated rings. The third kappa shape index (κ3) is 2.95. The van der Waals surface area contributed by atoms with Crippen LogP contribution in [0.2, 0.25) is 5.02 Å². The Morgan fingerprint density at radius 1 is 1.31 bits per heavy atom. The Kier molecular flexibility index (Phi) is 4.08. The lowest BCUT2D eigenvalue weighted by atomic mass is 10.3. The van der Waals surface area contributed by atoms with Gasteiger partial charge >= 0.3 is 6.09 Å². The van der Waals surface area contributed by atoms with Crippen molar-refractivity contribution in [3.63, 3.8) is 0 Å². The Balaban J connectivity index is 1.70. The molecule has 2 aliphatic rings. The van der Waals surface area contributed by atoms with Crippen molar-refractivity contribution in [3.8, 4) is 0 Å². The van der Waals surface area contributed by atoms with Gasteiger partial charge in [0.05, 0.1) is 6.39 Å². The molecule has 1 N–H and O–H groups in total. The van der Waals surface area contributed by atoms with Gasteiger partial charge in [0, 0.05) is 44.8 Å². The molecule has 2 aromatic heterocycles. The Hall–Kier alpha value is -2.78. The van der Waals surface area contributed by atoms with Crippen LogP contribution >= 0.6 is 11.6 Å². The Morgan fingerprint density at radius 2 is 2.08 bits per heavy atom. The van der Waals surface area contributed by atoms with E-state index in [1.807, 2.05) is 0 Å². The van der Waals surface area contributed by atoms with E-state index in [2.05, 4.69) is 20.3 Å². The minimum absolute atomic E-state index is 0.0160. The van der Waals surface area contributed by atoms with Crippen LogP contribution in [-0.2, 0) is 4.74 Å². The summed E-state index contributed by atoms with van der Waals surface area (Å²) in [7, 11) is 0. The molecule has 1 saturated heterocycles. The van der Waals surface area contributed by atoms with Crippen LogP contribution in [0.4, 0.5) is 10.6 Å². The van der Waals surface area contributed by atoms with E-state index in [-0.39, 0.29) is 28.3 Å². The fourth-order valence-corrected chi connectivity index (χ4v) is 2.94. The van der Waals surface area contributed by atoms with Crippen LogP contribution in [0.15, 0.2) is 30.7 Å². The second kappa shape index (κ2) is 6.85. The quantitative estimate of drug-likeness (QED) is 0.842. The van der Waals surface area contributed by atoms with E-state index in [0.29, 0.717) is 26.2 Å². The summed E-state index contributed by atoms with van der Waals surface area (Å²) in [6, 6.07) is 1.28. The number of ether oxygens (including phenoxy) is 1. The molecular weight excluding hydrogens is 360 g/mol. The maximum atomic E-state index is 12.9. The van der Waals surface area contributed by atoms with E-state index < -0.39 is 18.2 Å². The number of halogens is 1. The standard InChI is InChI=1S/C16H15ClN6O3/c17-10-1-2-11(21-9-10)23-14(24)12-13(20-4-3-19-12)15(23)26-16(25)22-7-5-18-6-8-22/h1-4,9,15,18H,5-8H2/t15-/m0/s1/i2D. The SMILES string of the molecule is [2H]c1cc(Cl)cnc1N1C(=O)c2nccnc2[C@@H]1OC(=O)N1CCNCC1. The molecule has 2 aliphatic heterocycles. The zero-order valence-electron chi connectivity index (χ0n) is 14.6. The maximum Gasteiger partial charge on any atom is 0.412 e. The van der Waals surface area contributed by atoms with Gasteiger partial charge in [-0.3, -0.25) is 9.78 Å². The van der Waals surface area contributed by atoms with Crippen LogP contribution < -0.4 is 10.2 Å². The van der Waals surface area contributed by atoms with Crippen molar-refractivity contribution in [3.05, 3.63) is 47.1 Å². The molecule has 0 unspecified atom stereocenters. The molecule has 1 atom stereocenters. The number of amides is 2. The number of carbonyl (C=O) groups excluding carboxylic acids is 2. The Labute approximate surface area is 155 Å². The lowest BCUT2D eigenvalue weighted by Gasteiger charge is -2.30. The minimum Gasteiger partial charge on any atom is -0.419 e. The number of anilines is 1. The average molecular weight is 376 g/mol. The molecular formula is C16H15ClN6O3. The predicted molar refractivity (Wildman–Crippen MR) is 91.8 cm³/mol. The molecule has 0 aliphatic carbocycles. The first kappa shape index (κ1) is 15.5. The summed E-state index contributed by atoms with van der Waals surface area (Å²) < 4.78 is 13.7. The molecule has 0 saturated carbocycles. The fourth-order valence-electron chi connectivity index (χ4n) is 2.83. The number of carbonyl (C=O) groups is 2. The highest BCUT2D eigenvalue weighted by atomic mass is 35.5. The molecule has 2 amide bonds. The molecule has 9 nitrogen and oxygen atoms in total. The Bertz CT molecular complexity index is 907. The van der Waals surface area contributed by atoms with E-state index in [9.17, 15) is 9.59 Å². The first-order valence-electron chi connectivity index (χ1n) is 8.49. The normalized spacial score (nSPS) is 20.0. The van der Waals surface area contributed by atoms with Crippen molar-refractivity contribution in [2.45, 2.75) is 6.23 Å². The van der Waals surface area contributed by atoms with E-state index in [1.54, 1.807) is 4.90 Å². The van der Waals surface area contributed by atoms with Crippen molar-refractivity contribution in [2.75, 3.05) is 31.1 Å². The minimum atomic E-state index is -1.15. The van der Waals surface area contributed by atoms with Gasteiger partial charge in [-0.1, -0.05) is 11.6 Å². The van der Waals surface area contributed by atoms with Gasteiger partial charge in [-0.25, -0.2) is 19.7 Å². The lowest BCUT2D eigenvalue weighted by molar-refractivity contribution is 0.0565. The van der Waals surface area contributed by atoms with Crippen LogP contribution in [0.3, 0.4) is 0 Å². The molecule has 0 radical (unpaired) electrons. The van der Waals surface area contributed by atoms with E-state index in [1.165, 1.54) is 24.7 Å². The fraction of sp³-hybridized carbons (Fsp3) is 0.312. The van der Waals surface area contributed by atoms with Crippen molar-refractivity contribution in [1.29, 1.82) is 0 Å². The molecule has 0 aromatic carbocycles. The smallest absolute Gasteiger partial charge is 0.412 e. The van der Waals surface area contributed by atoms with Gasteiger partial charge in [0.2, 0.25) is 6.23 Å². The molecule has 0 spiro atoms. The first-order chi connectivity index (χ1) is 13.1. The summed E-state index contributed by atoms with van der Waals surface area (Å²) in [5.74, 6) is -0.526. The number of fused-ring (bicyclic) bond motifs is 1. The zero-order chi connectivity index (χ0) is 19.0. The topological polar surface area (TPSA) is 101 Å². The highest BCUT2D eigenvalue weighted by Crippen LogP contribution is 2.35. The van der Waals surface area contributed by atoms with Gasteiger partial charge in [-0.2, -0.15) is 0 Å². The second-order valence-electron chi connectivity index (χ2n) is 5.69. The number of aromatic nitrogens is 3. The Morgan fingerprint density at radius 3 is 2.85 bits per heavy atom. The van der Waals surface area contributed by atoms with Gasteiger partial charge < -0.3 is 15.0 Å². The number of pyridine rings is 1. The van der Waals surface area contributed by atoms with Crippen molar-refractivity contribution in [2.24, 2.45) is 0 Å². The summed E-state index contributed by atoms with van der Waals surface area (Å²) >= 11 is 5.86. The lowest BCUT2D eigenvalue weighted by Crippen LogP contribution is -2.47. The number of nitrogens with zero attached hydrogens (tertiary/aromatic N) is 5. The molecule has 10 heteroatoms. The predicted octanol–water partition coefficient (Wildman–Crippen LogP) is 1.23. The van der Waals surface area contributed by atoms with Gasteiger partial charge in [0.1, 0.15) is 11.5 Å². The van der Waals surface area contributed by atoms with Crippen LogP contribution in [-0.4, -0.2) is 58.0 Å². The number of rotatable bonds is 2. The molecule has 0 bridgehead atoms. The summed E-state index contributed by atoms with van der Waals surface area (Å²) in [5.41, 5.74) is 0.272. The summed E-state index contributed by atoms with van der Waals surface area (Å²) in [5, 5.41) is 3.41. The largest absolute Gasteiger partial charge is 0.419 e. The van der Waals surface area contributed by atoms with Gasteiger partial charge in [-0.15, -0.1) is 0 Å². The van der Waals surface area contributed by atoms with Crippen molar-refractivity contribution < 1.29 is 15.7 Å². The number of hydrogen-bond donors (Lipinski definition) is 1. The molecule has 26 heavy (non-hydrogen) atoms. The monoisotopic (exact) mass is 375 g/mol. The van der Waals surface area contributed by atoms with E-state index in [4.69, 9.17) is 17.7 Å². The van der Waals surface area contributed by atoms with Crippen LogP contribution in [0.25, 0.3) is 0 Å². The van der Waals surface area contributed by atoms with Gasteiger partial charge in [-0.05, 0) is 12.1 Å². The second-order valence-corrected chi connectivity index (χ2v) is 6.13. The molecule has 134 valence electrons. The number of hydrogen-bond acceptors (Lipinski definition) is 7. The van der Waals surface area contributed by atoms with Gasteiger partial charge in [0.15, 0.2) is 5.69 Å². The summed E-state index contributed by atoms with van der Waals surface area (Å²) in [6.07, 6.45) is 2.39. The van der Waals surface area contributed by atoms with E-state index in [0.717, 1.165) is 4.90 Å². The highest BCUT2D eigenvalue weighted by Gasteiger charge is 2.44. The van der Waals surface area contributed by atoms with Crippen molar-refractivity contribution in [1.82, 2.24) is 25.2 Å². The highest BCUT2D eigenvalue weighted by molar-refractivity contribution is 6.30. The first-order valence-corrected chi connectivity index (χ1v) is 8.37. The van der Waals surface area contributed by atoms with Gasteiger partial charge in [0.25, 0.3) is 5.91 Å². The average Bonchev–Trinajstić information content (AvgIpc) is 2.95.